The monoisotopic (exact) mass is 439 g/mol. The molecule has 0 aromatic carbocycles. The van der Waals surface area contributed by atoms with Crippen molar-refractivity contribution in [1.29, 1.82) is 0 Å². The first-order valence-electron chi connectivity index (χ1n) is 10.5. The largest absolute Gasteiger partial charge is 0.456 e. The van der Waals surface area contributed by atoms with E-state index in [1.807, 2.05) is 0 Å². The highest BCUT2D eigenvalue weighted by molar-refractivity contribution is 5.68. The minimum atomic E-state index is -1.09. The van der Waals surface area contributed by atoms with Crippen molar-refractivity contribution in [1.82, 2.24) is 15.0 Å². The fourth-order valence-corrected chi connectivity index (χ4v) is 3.89. The normalized spacial score (nSPS) is 26.8. The molecule has 172 valence electrons. The molecular weight excluding hydrogens is 410 g/mol. The van der Waals surface area contributed by atoms with E-state index in [-0.39, 0.29) is 12.7 Å². The van der Waals surface area contributed by atoms with Crippen molar-refractivity contribution in [2.24, 2.45) is 0 Å². The van der Waals surface area contributed by atoms with Gasteiger partial charge in [-0.3, -0.25) is 14.4 Å². The standard InChI is InChI=1S/C20H29N3O8/c1-12(24)29-17-11-28-20(19(31-14(3)26)18(17)30-13(2)25)23-9-15(21-22-23)10-27-16-7-5-4-6-8-16/h9,16-20H,4-8,10-11H2,1-3H3. The summed E-state index contributed by atoms with van der Waals surface area (Å²) < 4.78 is 29.1. The Bertz CT molecular complexity index is 776. The van der Waals surface area contributed by atoms with Crippen LogP contribution in [0.5, 0.6) is 0 Å². The highest BCUT2D eigenvalue weighted by atomic mass is 16.6. The molecule has 1 saturated carbocycles. The van der Waals surface area contributed by atoms with E-state index in [0.717, 1.165) is 12.8 Å². The average molecular weight is 439 g/mol. The molecule has 11 nitrogen and oxygen atoms in total. The van der Waals surface area contributed by atoms with Crippen molar-refractivity contribution >= 4 is 17.9 Å². The van der Waals surface area contributed by atoms with Gasteiger partial charge < -0.3 is 23.7 Å². The molecular formula is C20H29N3O8. The van der Waals surface area contributed by atoms with Crippen LogP contribution in [0, 0.1) is 0 Å². The van der Waals surface area contributed by atoms with Crippen LogP contribution in [-0.2, 0) is 44.7 Å². The third-order valence-electron chi connectivity index (χ3n) is 5.16. The SMILES string of the molecule is CC(=O)OC1COC(n2cc(COC3CCCCC3)nn2)C(OC(C)=O)C1OC(C)=O. The molecule has 1 aromatic rings. The summed E-state index contributed by atoms with van der Waals surface area (Å²) in [6, 6.07) is 0. The number of esters is 3. The van der Waals surface area contributed by atoms with Gasteiger partial charge in [0.25, 0.3) is 0 Å². The molecule has 1 aliphatic carbocycles. The first kappa shape index (κ1) is 23.1. The lowest BCUT2D eigenvalue weighted by Crippen LogP contribution is -2.55. The lowest BCUT2D eigenvalue weighted by molar-refractivity contribution is -0.241. The minimum absolute atomic E-state index is 0.0757. The molecule has 4 atom stereocenters. The van der Waals surface area contributed by atoms with Crippen molar-refractivity contribution in [3.63, 3.8) is 0 Å². The molecule has 0 N–H and O–H groups in total. The number of nitrogens with zero attached hydrogens (tertiary/aromatic N) is 3. The van der Waals surface area contributed by atoms with Crippen LogP contribution in [0.2, 0.25) is 0 Å². The molecule has 4 unspecified atom stereocenters. The van der Waals surface area contributed by atoms with Crippen molar-refractivity contribution in [3.8, 4) is 0 Å². The Morgan fingerprint density at radius 1 is 1.00 bits per heavy atom. The van der Waals surface area contributed by atoms with Crippen molar-refractivity contribution < 1.29 is 38.1 Å². The summed E-state index contributed by atoms with van der Waals surface area (Å²) in [6.45, 7) is 3.90. The van der Waals surface area contributed by atoms with Crippen LogP contribution < -0.4 is 0 Å². The Balaban J connectivity index is 1.74. The van der Waals surface area contributed by atoms with E-state index in [1.54, 1.807) is 6.20 Å². The van der Waals surface area contributed by atoms with E-state index in [1.165, 1.54) is 44.7 Å². The van der Waals surface area contributed by atoms with E-state index < -0.39 is 42.4 Å². The lowest BCUT2D eigenvalue weighted by Gasteiger charge is -2.40. The van der Waals surface area contributed by atoms with Gasteiger partial charge in [0.05, 0.1) is 25.5 Å². The van der Waals surface area contributed by atoms with Gasteiger partial charge in [-0.15, -0.1) is 5.10 Å². The van der Waals surface area contributed by atoms with Gasteiger partial charge in [-0.2, -0.15) is 0 Å². The molecule has 11 heteroatoms. The first-order valence-corrected chi connectivity index (χ1v) is 10.5. The zero-order chi connectivity index (χ0) is 22.4. The Kier molecular flexibility index (Phi) is 7.97. The molecule has 0 amide bonds. The van der Waals surface area contributed by atoms with Crippen molar-refractivity contribution in [2.45, 2.75) is 90.1 Å². The van der Waals surface area contributed by atoms with Crippen LogP contribution in [0.1, 0.15) is 64.8 Å². The third kappa shape index (κ3) is 6.47. The molecule has 0 radical (unpaired) electrons. The molecule has 0 bridgehead atoms. The van der Waals surface area contributed by atoms with Crippen LogP contribution >= 0.6 is 0 Å². The fraction of sp³-hybridized carbons (Fsp3) is 0.750. The van der Waals surface area contributed by atoms with Crippen LogP contribution in [0.15, 0.2) is 6.20 Å². The summed E-state index contributed by atoms with van der Waals surface area (Å²) in [6.07, 6.45) is 3.50. The summed E-state index contributed by atoms with van der Waals surface area (Å²) in [5, 5.41) is 8.20. The molecule has 1 saturated heterocycles. The quantitative estimate of drug-likeness (QED) is 0.455. The Labute approximate surface area is 180 Å². The first-order chi connectivity index (χ1) is 14.8. The minimum Gasteiger partial charge on any atom is -0.456 e. The summed E-state index contributed by atoms with van der Waals surface area (Å²) in [5.74, 6) is -1.80. The van der Waals surface area contributed by atoms with Crippen LogP contribution in [0.3, 0.4) is 0 Å². The van der Waals surface area contributed by atoms with Gasteiger partial charge in [-0.1, -0.05) is 24.5 Å². The van der Waals surface area contributed by atoms with Gasteiger partial charge in [0.2, 0.25) is 0 Å². The van der Waals surface area contributed by atoms with Gasteiger partial charge >= 0.3 is 17.9 Å². The van der Waals surface area contributed by atoms with Crippen molar-refractivity contribution in [3.05, 3.63) is 11.9 Å². The summed E-state index contributed by atoms with van der Waals surface area (Å²) in [4.78, 5) is 34.9. The number of hydrogen-bond donors (Lipinski definition) is 0. The number of rotatable bonds is 7. The third-order valence-corrected chi connectivity index (χ3v) is 5.16. The number of ether oxygens (including phenoxy) is 5. The highest BCUT2D eigenvalue weighted by Crippen LogP contribution is 2.30. The van der Waals surface area contributed by atoms with E-state index in [0.29, 0.717) is 12.3 Å². The van der Waals surface area contributed by atoms with Gasteiger partial charge in [-0.05, 0) is 12.8 Å². The van der Waals surface area contributed by atoms with Gasteiger partial charge in [0.15, 0.2) is 24.5 Å². The smallest absolute Gasteiger partial charge is 0.303 e. The fourth-order valence-electron chi connectivity index (χ4n) is 3.89. The van der Waals surface area contributed by atoms with Crippen LogP contribution in [0.4, 0.5) is 0 Å². The zero-order valence-electron chi connectivity index (χ0n) is 18.0. The molecule has 3 rings (SSSR count). The molecule has 2 heterocycles. The van der Waals surface area contributed by atoms with E-state index in [2.05, 4.69) is 10.3 Å². The van der Waals surface area contributed by atoms with Crippen LogP contribution in [0.25, 0.3) is 0 Å². The molecule has 1 aliphatic heterocycles. The van der Waals surface area contributed by atoms with Gasteiger partial charge in [0.1, 0.15) is 5.69 Å². The summed E-state index contributed by atoms with van der Waals surface area (Å²) in [5.41, 5.74) is 0.599. The zero-order valence-corrected chi connectivity index (χ0v) is 18.0. The van der Waals surface area contributed by atoms with E-state index >= 15 is 0 Å². The predicted molar refractivity (Wildman–Crippen MR) is 103 cm³/mol. The maximum absolute atomic E-state index is 11.7. The summed E-state index contributed by atoms with van der Waals surface area (Å²) >= 11 is 0. The van der Waals surface area contributed by atoms with Crippen LogP contribution in [-0.4, -0.2) is 63.9 Å². The second-order valence-corrected chi connectivity index (χ2v) is 7.78. The number of carbonyl (C=O) groups excluding carboxylic acids is 3. The second-order valence-electron chi connectivity index (χ2n) is 7.78. The van der Waals surface area contributed by atoms with Crippen molar-refractivity contribution in [2.75, 3.05) is 6.61 Å². The second kappa shape index (κ2) is 10.7. The Morgan fingerprint density at radius 3 is 2.29 bits per heavy atom. The molecule has 0 spiro atoms. The predicted octanol–water partition coefficient (Wildman–Crippen LogP) is 1.45. The molecule has 1 aromatic heterocycles. The maximum atomic E-state index is 11.7. The van der Waals surface area contributed by atoms with E-state index in [9.17, 15) is 14.4 Å². The number of hydrogen-bond acceptors (Lipinski definition) is 10. The number of carbonyl (C=O) groups is 3. The number of aromatic nitrogens is 3. The molecule has 31 heavy (non-hydrogen) atoms. The van der Waals surface area contributed by atoms with Gasteiger partial charge in [-0.25, -0.2) is 4.68 Å². The molecule has 2 aliphatic rings. The Morgan fingerprint density at radius 2 is 1.65 bits per heavy atom. The highest BCUT2D eigenvalue weighted by Gasteiger charge is 2.48. The van der Waals surface area contributed by atoms with E-state index in [4.69, 9.17) is 23.7 Å². The Hall–Kier alpha value is -2.53. The molecule has 2 fully saturated rings. The average Bonchev–Trinajstić information content (AvgIpc) is 3.17. The summed E-state index contributed by atoms with van der Waals surface area (Å²) in [7, 11) is 0. The maximum Gasteiger partial charge on any atom is 0.303 e. The topological polar surface area (TPSA) is 128 Å². The lowest BCUT2D eigenvalue weighted by atomic mass is 9.98. The van der Waals surface area contributed by atoms with Gasteiger partial charge in [0, 0.05) is 20.8 Å².